The maximum atomic E-state index is 13.2. The molecule has 0 bridgehead atoms. The number of amides is 2. The van der Waals surface area contributed by atoms with Crippen LogP contribution in [0.5, 0.6) is 0 Å². The van der Waals surface area contributed by atoms with Gasteiger partial charge < -0.3 is 10.6 Å². The van der Waals surface area contributed by atoms with E-state index in [1.54, 1.807) is 0 Å². The van der Waals surface area contributed by atoms with Gasteiger partial charge in [0.05, 0.1) is 11.9 Å². The number of rotatable bonds is 4. The number of aromatic nitrogens is 1. The van der Waals surface area contributed by atoms with Gasteiger partial charge in [0.25, 0.3) is 0 Å². The van der Waals surface area contributed by atoms with E-state index in [1.165, 1.54) is 12.3 Å². The van der Waals surface area contributed by atoms with E-state index in [9.17, 15) is 9.18 Å². The Morgan fingerprint density at radius 1 is 1.65 bits per heavy atom. The lowest BCUT2D eigenvalue weighted by Crippen LogP contribution is -2.31. The molecule has 17 heavy (non-hydrogen) atoms. The van der Waals surface area contributed by atoms with Gasteiger partial charge >= 0.3 is 6.03 Å². The number of nitrogens with one attached hydrogen (secondary N) is 2. The van der Waals surface area contributed by atoms with Crippen molar-refractivity contribution in [3.05, 3.63) is 24.3 Å². The van der Waals surface area contributed by atoms with Crippen LogP contribution in [0, 0.1) is 11.7 Å². The quantitative estimate of drug-likeness (QED) is 0.845. The number of hydrogen-bond donors (Lipinski definition) is 2. The predicted octanol–water partition coefficient (Wildman–Crippen LogP) is 2.53. The van der Waals surface area contributed by atoms with Gasteiger partial charge in [0.2, 0.25) is 0 Å². The van der Waals surface area contributed by atoms with Crippen LogP contribution in [0.4, 0.5) is 14.9 Å². The topological polar surface area (TPSA) is 54.0 Å². The Labute approximate surface area is 99.6 Å². The highest BCUT2D eigenvalue weighted by atomic mass is 19.1. The lowest BCUT2D eigenvalue weighted by Gasteiger charge is -2.07. The molecule has 1 fully saturated rings. The van der Waals surface area contributed by atoms with Crippen LogP contribution in [0.2, 0.25) is 0 Å². The highest BCUT2D eigenvalue weighted by Crippen LogP contribution is 2.34. The highest BCUT2D eigenvalue weighted by Gasteiger charge is 2.37. The van der Waals surface area contributed by atoms with Gasteiger partial charge in [-0.15, -0.1) is 0 Å². The van der Waals surface area contributed by atoms with Crippen molar-refractivity contribution in [1.29, 1.82) is 0 Å². The Morgan fingerprint density at radius 2 is 2.47 bits per heavy atom. The summed E-state index contributed by atoms with van der Waals surface area (Å²) < 4.78 is 13.2. The minimum absolute atomic E-state index is 0.158. The van der Waals surface area contributed by atoms with E-state index in [-0.39, 0.29) is 17.8 Å². The van der Waals surface area contributed by atoms with E-state index in [2.05, 4.69) is 22.5 Å². The lowest BCUT2D eigenvalue weighted by molar-refractivity contribution is 0.251. The molecule has 2 amide bonds. The average Bonchev–Trinajstić information content (AvgIpc) is 3.00. The van der Waals surface area contributed by atoms with Crippen LogP contribution in [-0.4, -0.2) is 17.1 Å². The van der Waals surface area contributed by atoms with E-state index in [4.69, 9.17) is 0 Å². The molecule has 0 radical (unpaired) electrons. The molecule has 2 rings (SSSR count). The molecule has 1 saturated carbocycles. The zero-order valence-corrected chi connectivity index (χ0v) is 9.74. The summed E-state index contributed by atoms with van der Waals surface area (Å²) >= 11 is 0. The van der Waals surface area contributed by atoms with Crippen molar-refractivity contribution >= 4 is 11.7 Å². The normalized spacial score (nSPS) is 22.0. The van der Waals surface area contributed by atoms with Crippen LogP contribution < -0.4 is 10.6 Å². The van der Waals surface area contributed by atoms with Crippen molar-refractivity contribution < 1.29 is 9.18 Å². The molecule has 0 unspecified atom stereocenters. The van der Waals surface area contributed by atoms with E-state index >= 15 is 0 Å². The number of nitrogens with zero attached hydrogens (tertiary/aromatic N) is 1. The molecule has 5 heteroatoms. The fraction of sp³-hybridized carbons (Fsp3) is 0.500. The summed E-state index contributed by atoms with van der Waals surface area (Å²) in [6.07, 6.45) is 5.81. The maximum Gasteiger partial charge on any atom is 0.319 e. The van der Waals surface area contributed by atoms with Crippen LogP contribution >= 0.6 is 0 Å². The molecule has 0 spiro atoms. The van der Waals surface area contributed by atoms with Gasteiger partial charge in [-0.25, -0.2) is 9.18 Å². The third-order valence-corrected chi connectivity index (χ3v) is 2.92. The van der Waals surface area contributed by atoms with E-state index in [0.717, 1.165) is 25.5 Å². The number of pyridine rings is 1. The standard InChI is InChI=1S/C12H16FN3O/c1-2-3-8-6-11(8)16-12(17)15-10-4-5-14-7-9(10)13/h4-5,7-8,11H,2-3,6H2,1H3,(H2,14,15,16,17)/t8-,11+/m1/s1. The van der Waals surface area contributed by atoms with Crippen LogP contribution in [0.3, 0.4) is 0 Å². The van der Waals surface area contributed by atoms with Gasteiger partial charge in [0.1, 0.15) is 0 Å². The summed E-state index contributed by atoms with van der Waals surface area (Å²) in [5.41, 5.74) is 0.158. The zero-order valence-electron chi connectivity index (χ0n) is 9.74. The van der Waals surface area contributed by atoms with Crippen LogP contribution in [0.25, 0.3) is 0 Å². The average molecular weight is 237 g/mol. The Morgan fingerprint density at radius 3 is 3.18 bits per heavy atom. The molecule has 0 saturated heterocycles. The minimum Gasteiger partial charge on any atom is -0.335 e. The second-order valence-corrected chi connectivity index (χ2v) is 4.34. The number of halogens is 1. The molecule has 1 heterocycles. The summed E-state index contributed by atoms with van der Waals surface area (Å²) in [4.78, 5) is 15.2. The van der Waals surface area contributed by atoms with Gasteiger partial charge in [-0.05, 0) is 24.8 Å². The van der Waals surface area contributed by atoms with E-state index in [1.807, 2.05) is 0 Å². The van der Waals surface area contributed by atoms with Gasteiger partial charge in [0.15, 0.2) is 5.82 Å². The van der Waals surface area contributed by atoms with Gasteiger partial charge in [-0.1, -0.05) is 13.3 Å². The summed E-state index contributed by atoms with van der Waals surface area (Å²) in [5.74, 6) is 0.0663. The Hall–Kier alpha value is -1.65. The number of urea groups is 1. The molecule has 1 aromatic heterocycles. The minimum atomic E-state index is -0.524. The predicted molar refractivity (Wildman–Crippen MR) is 63.2 cm³/mol. The third-order valence-electron chi connectivity index (χ3n) is 2.92. The number of carbonyl (C=O) groups excluding carboxylic acids is 1. The zero-order chi connectivity index (χ0) is 12.3. The SMILES string of the molecule is CCC[C@@H]1C[C@@H]1NC(=O)Nc1ccncc1F. The Bertz CT molecular complexity index is 410. The smallest absolute Gasteiger partial charge is 0.319 e. The summed E-state index contributed by atoms with van der Waals surface area (Å²) in [7, 11) is 0. The fourth-order valence-corrected chi connectivity index (χ4v) is 1.92. The Kier molecular flexibility index (Phi) is 3.56. The van der Waals surface area contributed by atoms with Gasteiger partial charge in [-0.3, -0.25) is 4.98 Å². The molecule has 2 N–H and O–H groups in total. The number of hydrogen-bond acceptors (Lipinski definition) is 2. The molecule has 1 aromatic rings. The third kappa shape index (κ3) is 3.15. The first-order valence-electron chi connectivity index (χ1n) is 5.87. The molecule has 0 aromatic carbocycles. The summed E-state index contributed by atoms with van der Waals surface area (Å²) in [6.45, 7) is 2.13. The first-order valence-corrected chi connectivity index (χ1v) is 5.87. The van der Waals surface area contributed by atoms with Crippen molar-refractivity contribution in [1.82, 2.24) is 10.3 Å². The molecule has 92 valence electrons. The van der Waals surface area contributed by atoms with E-state index < -0.39 is 5.82 Å². The van der Waals surface area contributed by atoms with Crippen molar-refractivity contribution in [3.63, 3.8) is 0 Å². The highest BCUT2D eigenvalue weighted by molar-refractivity contribution is 5.89. The molecule has 4 nitrogen and oxygen atoms in total. The van der Waals surface area contributed by atoms with Gasteiger partial charge in [0, 0.05) is 12.2 Å². The molecule has 1 aliphatic rings. The summed E-state index contributed by atoms with van der Waals surface area (Å²) in [6, 6.07) is 1.34. The number of anilines is 1. The molecule has 0 aliphatic heterocycles. The molecular formula is C12H16FN3O. The van der Waals surface area contributed by atoms with Crippen molar-refractivity contribution in [2.24, 2.45) is 5.92 Å². The largest absolute Gasteiger partial charge is 0.335 e. The second-order valence-electron chi connectivity index (χ2n) is 4.34. The summed E-state index contributed by atoms with van der Waals surface area (Å²) in [5, 5.41) is 5.31. The fourth-order valence-electron chi connectivity index (χ4n) is 1.92. The van der Waals surface area contributed by atoms with Crippen LogP contribution in [0.15, 0.2) is 18.5 Å². The first-order chi connectivity index (χ1) is 8.20. The van der Waals surface area contributed by atoms with Crippen molar-refractivity contribution in [2.45, 2.75) is 32.2 Å². The number of carbonyl (C=O) groups is 1. The molecule has 1 aliphatic carbocycles. The van der Waals surface area contributed by atoms with Crippen LogP contribution in [-0.2, 0) is 0 Å². The van der Waals surface area contributed by atoms with Gasteiger partial charge in [-0.2, -0.15) is 0 Å². The van der Waals surface area contributed by atoms with Crippen molar-refractivity contribution in [3.8, 4) is 0 Å². The van der Waals surface area contributed by atoms with E-state index in [0.29, 0.717) is 5.92 Å². The maximum absolute atomic E-state index is 13.2. The first kappa shape index (κ1) is 11.8. The monoisotopic (exact) mass is 237 g/mol. The molecular weight excluding hydrogens is 221 g/mol. The Balaban J connectivity index is 1.81. The second kappa shape index (κ2) is 5.12. The molecule has 2 atom stereocenters. The van der Waals surface area contributed by atoms with Crippen molar-refractivity contribution in [2.75, 3.05) is 5.32 Å². The lowest BCUT2D eigenvalue weighted by atomic mass is 10.2. The van der Waals surface area contributed by atoms with Crippen LogP contribution in [0.1, 0.15) is 26.2 Å².